The van der Waals surface area contributed by atoms with Gasteiger partial charge in [0.05, 0.1) is 24.2 Å². The third-order valence-electron chi connectivity index (χ3n) is 3.32. The number of rotatable bonds is 5. The van der Waals surface area contributed by atoms with Gasteiger partial charge in [-0.2, -0.15) is 0 Å². The van der Waals surface area contributed by atoms with E-state index in [0.717, 1.165) is 17.7 Å². The molecule has 0 N–H and O–H groups in total. The zero-order chi connectivity index (χ0) is 15.8. The minimum absolute atomic E-state index is 0.596. The lowest BCUT2D eigenvalue weighted by Gasteiger charge is -2.37. The van der Waals surface area contributed by atoms with Crippen LogP contribution in [-0.4, -0.2) is 39.2 Å². The van der Waals surface area contributed by atoms with Crippen LogP contribution in [0.5, 0.6) is 0 Å². The van der Waals surface area contributed by atoms with Crippen molar-refractivity contribution in [2.24, 2.45) is 0 Å². The molecule has 0 radical (unpaired) electrons. The first-order valence-electron chi connectivity index (χ1n) is 7.48. The van der Waals surface area contributed by atoms with Crippen molar-refractivity contribution < 1.29 is 0 Å². The van der Waals surface area contributed by atoms with Crippen molar-refractivity contribution in [3.05, 3.63) is 18.0 Å². The fraction of sp³-hybridized carbons (Fsp3) is 0.786. The van der Waals surface area contributed by atoms with Gasteiger partial charge in [-0.15, -0.1) is 0 Å². The molecule has 0 aliphatic carbocycles. The summed E-state index contributed by atoms with van der Waals surface area (Å²) in [6.45, 7) is 21.8. The number of hydrogen-bond acceptors (Lipinski definition) is 3. The van der Waals surface area contributed by atoms with Crippen molar-refractivity contribution in [2.75, 3.05) is 0 Å². The van der Waals surface area contributed by atoms with Gasteiger partial charge in [0.1, 0.15) is 18.0 Å². The second-order valence-electron chi connectivity index (χ2n) is 9.16. The van der Waals surface area contributed by atoms with Crippen LogP contribution in [0.1, 0.15) is 16.8 Å². The Kier molecular flexibility index (Phi) is 5.14. The van der Waals surface area contributed by atoms with E-state index in [2.05, 4.69) is 68.9 Å². The van der Waals surface area contributed by atoms with Gasteiger partial charge >= 0.3 is 0 Å². The van der Waals surface area contributed by atoms with Crippen LogP contribution < -0.4 is 0 Å². The molecule has 0 atom stereocenters. The molecule has 3 nitrogen and oxygen atoms in total. The highest BCUT2D eigenvalue weighted by Crippen LogP contribution is 2.33. The molecule has 1 heterocycles. The first kappa shape index (κ1) is 17.7. The average molecular weight is 326 g/mol. The smallest absolute Gasteiger partial charge is 0.130 e. The van der Waals surface area contributed by atoms with Gasteiger partial charge in [0.2, 0.25) is 0 Å². The van der Waals surface area contributed by atoms with E-state index in [1.165, 1.54) is 0 Å². The largest absolute Gasteiger partial charge is 0.222 e. The summed E-state index contributed by atoms with van der Waals surface area (Å²) in [5.41, 5.74) is 0. The van der Waals surface area contributed by atoms with Crippen molar-refractivity contribution in [2.45, 2.75) is 70.1 Å². The molecule has 0 saturated carbocycles. The van der Waals surface area contributed by atoms with E-state index in [-0.39, 0.29) is 0 Å². The van der Waals surface area contributed by atoms with E-state index in [1.807, 2.05) is 0 Å². The highest BCUT2D eigenvalue weighted by molar-refractivity contribution is 6.96. The molecule has 0 bridgehead atoms. The molecule has 0 saturated heterocycles. The molecule has 1 rings (SSSR count). The maximum Gasteiger partial charge on any atom is 0.130 e. The zero-order valence-corrected chi connectivity index (χ0v) is 17.7. The molecule has 0 aliphatic rings. The lowest BCUT2D eigenvalue weighted by Crippen LogP contribution is -2.47. The second kappa shape index (κ2) is 5.81. The average Bonchev–Trinajstić information content (AvgIpc) is 2.09. The molecule has 0 fully saturated rings. The molecule has 0 spiro atoms. The second-order valence-corrected chi connectivity index (χ2v) is 25.8. The Labute approximate surface area is 127 Å². The summed E-state index contributed by atoms with van der Waals surface area (Å²) in [5, 5.41) is 0.596. The fourth-order valence-electron chi connectivity index (χ4n) is 3.12. The molecular formula is C14H31N3Si3. The van der Waals surface area contributed by atoms with Crippen LogP contribution in [0.3, 0.4) is 0 Å². The van der Waals surface area contributed by atoms with Gasteiger partial charge in [0, 0.05) is 11.2 Å². The molecule has 114 valence electrons. The highest BCUT2D eigenvalue weighted by Gasteiger charge is 2.40. The topological polar surface area (TPSA) is 38.7 Å². The minimum Gasteiger partial charge on any atom is -0.222 e. The van der Waals surface area contributed by atoms with Crippen molar-refractivity contribution in [1.82, 2.24) is 15.0 Å². The first-order chi connectivity index (χ1) is 8.81. The van der Waals surface area contributed by atoms with Crippen LogP contribution in [0.2, 0.25) is 58.9 Å². The number of nitrogens with zero attached hydrogens (tertiary/aromatic N) is 3. The maximum absolute atomic E-state index is 4.87. The van der Waals surface area contributed by atoms with Gasteiger partial charge in [-0.3, -0.25) is 0 Å². The summed E-state index contributed by atoms with van der Waals surface area (Å²) >= 11 is 0. The lowest BCUT2D eigenvalue weighted by atomic mass is 10.6. The number of aromatic nitrogens is 3. The third-order valence-corrected chi connectivity index (χ3v) is 13.9. The predicted octanol–water partition coefficient (Wildman–Crippen LogP) is 4.13. The van der Waals surface area contributed by atoms with Crippen LogP contribution in [0.4, 0.5) is 0 Å². The molecule has 0 unspecified atom stereocenters. The Morgan fingerprint density at radius 3 is 1.75 bits per heavy atom. The van der Waals surface area contributed by atoms with Crippen molar-refractivity contribution in [3.8, 4) is 0 Å². The Morgan fingerprint density at radius 2 is 1.35 bits per heavy atom. The first-order valence-corrected chi connectivity index (χ1v) is 18.3. The molecule has 1 aromatic heterocycles. The normalized spacial score (nSPS) is 13.9. The standard InChI is InChI=1S/C14H31N3Si3/c1-18(2,3)10-12-15-11-16-13(17-12)14(19(4,5)6)20(7,8)9/h11,14H,10H2,1-9H3. The van der Waals surface area contributed by atoms with Crippen LogP contribution >= 0.6 is 0 Å². The van der Waals surface area contributed by atoms with Crippen molar-refractivity contribution in [1.29, 1.82) is 0 Å². The molecule has 0 aliphatic heterocycles. The van der Waals surface area contributed by atoms with Crippen LogP contribution in [0, 0.1) is 0 Å². The fourth-order valence-corrected chi connectivity index (χ4v) is 16.5. The van der Waals surface area contributed by atoms with Crippen molar-refractivity contribution in [3.63, 3.8) is 0 Å². The van der Waals surface area contributed by atoms with E-state index >= 15 is 0 Å². The monoisotopic (exact) mass is 325 g/mol. The van der Waals surface area contributed by atoms with Crippen LogP contribution in [-0.2, 0) is 6.04 Å². The van der Waals surface area contributed by atoms with Gasteiger partial charge in [-0.1, -0.05) is 58.9 Å². The predicted molar refractivity (Wildman–Crippen MR) is 96.3 cm³/mol. The van der Waals surface area contributed by atoms with E-state index in [4.69, 9.17) is 4.98 Å². The molecule has 0 aromatic carbocycles. The summed E-state index contributed by atoms with van der Waals surface area (Å²) in [7, 11) is -3.83. The molecule has 1 aromatic rings. The summed E-state index contributed by atoms with van der Waals surface area (Å²) in [6, 6.07) is 1.05. The summed E-state index contributed by atoms with van der Waals surface area (Å²) in [6.07, 6.45) is 1.74. The Balaban J connectivity index is 3.20. The summed E-state index contributed by atoms with van der Waals surface area (Å²) in [4.78, 5) is 13.9. The SMILES string of the molecule is C[Si](C)(C)Cc1ncnc(C([Si](C)(C)C)[Si](C)(C)C)n1. The molecule has 0 amide bonds. The van der Waals surface area contributed by atoms with Gasteiger partial charge in [-0.05, 0) is 0 Å². The summed E-state index contributed by atoms with van der Waals surface area (Å²) in [5.74, 6) is 2.09. The maximum atomic E-state index is 4.87. The molecule has 20 heavy (non-hydrogen) atoms. The molecule has 6 heteroatoms. The van der Waals surface area contributed by atoms with Gasteiger partial charge < -0.3 is 0 Å². The van der Waals surface area contributed by atoms with Crippen molar-refractivity contribution >= 4 is 24.2 Å². The van der Waals surface area contributed by atoms with E-state index in [9.17, 15) is 0 Å². The van der Waals surface area contributed by atoms with Gasteiger partial charge in [-0.25, -0.2) is 15.0 Å². The molecular weight excluding hydrogens is 294 g/mol. The minimum atomic E-state index is -1.32. The Bertz CT molecular complexity index is 442. The lowest BCUT2D eigenvalue weighted by molar-refractivity contribution is 0.861. The van der Waals surface area contributed by atoms with E-state index in [1.54, 1.807) is 6.33 Å². The third kappa shape index (κ3) is 5.21. The van der Waals surface area contributed by atoms with Gasteiger partial charge in [0.25, 0.3) is 0 Å². The zero-order valence-electron chi connectivity index (χ0n) is 14.7. The number of hydrogen-bond donors (Lipinski definition) is 0. The Morgan fingerprint density at radius 1 is 0.850 bits per heavy atom. The summed E-state index contributed by atoms with van der Waals surface area (Å²) < 4.78 is 0. The quantitative estimate of drug-likeness (QED) is 0.764. The van der Waals surface area contributed by atoms with Gasteiger partial charge in [0.15, 0.2) is 0 Å². The van der Waals surface area contributed by atoms with E-state index < -0.39 is 24.2 Å². The van der Waals surface area contributed by atoms with Crippen LogP contribution in [0.15, 0.2) is 6.33 Å². The van der Waals surface area contributed by atoms with Crippen LogP contribution in [0.25, 0.3) is 0 Å². The Hall–Kier alpha value is -0.339. The van der Waals surface area contributed by atoms with E-state index in [0.29, 0.717) is 5.16 Å². The highest BCUT2D eigenvalue weighted by atomic mass is 28.4.